The molecule has 0 heterocycles. The summed E-state index contributed by atoms with van der Waals surface area (Å²) in [7, 11) is 0. The second-order valence-electron chi connectivity index (χ2n) is 3.07. The van der Waals surface area contributed by atoms with Crippen LogP contribution in [0.3, 0.4) is 0 Å². The molecule has 0 spiro atoms. The third-order valence-electron chi connectivity index (χ3n) is 1.81. The highest BCUT2D eigenvalue weighted by Crippen LogP contribution is 2.02. The molecule has 0 bridgehead atoms. The van der Waals surface area contributed by atoms with E-state index in [1.165, 1.54) is 25.7 Å². The van der Waals surface area contributed by atoms with Crippen molar-refractivity contribution in [2.75, 3.05) is 19.9 Å². The maximum Gasteiger partial charge on any atom is 0.0916 e. The van der Waals surface area contributed by atoms with E-state index in [9.17, 15) is 4.39 Å². The third kappa shape index (κ3) is 9.89. The van der Waals surface area contributed by atoms with Gasteiger partial charge in [0.2, 0.25) is 0 Å². The molecule has 2 heteroatoms. The minimum Gasteiger partial charge on any atom is -0.381 e. The molecule has 0 amide bonds. The van der Waals surface area contributed by atoms with Crippen molar-refractivity contribution in [3.63, 3.8) is 0 Å². The molecular formula is C10H21FO. The van der Waals surface area contributed by atoms with Gasteiger partial charge in [-0.25, -0.2) is 0 Å². The van der Waals surface area contributed by atoms with Gasteiger partial charge in [-0.05, 0) is 12.8 Å². The van der Waals surface area contributed by atoms with E-state index in [2.05, 4.69) is 6.92 Å². The Hall–Kier alpha value is -0.110. The van der Waals surface area contributed by atoms with Gasteiger partial charge < -0.3 is 4.74 Å². The Balaban J connectivity index is 2.73. The molecule has 0 atom stereocenters. The fourth-order valence-electron chi connectivity index (χ4n) is 1.07. The molecule has 0 aliphatic heterocycles. The highest BCUT2D eigenvalue weighted by atomic mass is 19.1. The molecule has 74 valence electrons. The van der Waals surface area contributed by atoms with Crippen molar-refractivity contribution >= 4 is 0 Å². The van der Waals surface area contributed by atoms with Gasteiger partial charge in [0.15, 0.2) is 0 Å². The van der Waals surface area contributed by atoms with Gasteiger partial charge in [0.25, 0.3) is 0 Å². The van der Waals surface area contributed by atoms with Crippen molar-refractivity contribution in [2.45, 2.75) is 45.4 Å². The number of hydrogen-bond acceptors (Lipinski definition) is 1. The number of alkyl halides is 1. The first-order chi connectivity index (χ1) is 5.91. The molecule has 0 aromatic heterocycles. The zero-order chi connectivity index (χ0) is 9.07. The average molecular weight is 176 g/mol. The lowest BCUT2D eigenvalue weighted by molar-refractivity contribution is 0.122. The van der Waals surface area contributed by atoms with E-state index in [4.69, 9.17) is 4.74 Å². The summed E-state index contributed by atoms with van der Waals surface area (Å²) in [6.07, 6.45) is 6.85. The number of hydrogen-bond donors (Lipinski definition) is 0. The van der Waals surface area contributed by atoms with Crippen LogP contribution in [-0.2, 0) is 4.74 Å². The normalized spacial score (nSPS) is 10.5. The van der Waals surface area contributed by atoms with Crippen LogP contribution in [0.25, 0.3) is 0 Å². The van der Waals surface area contributed by atoms with E-state index in [1.807, 2.05) is 0 Å². The quantitative estimate of drug-likeness (QED) is 0.490. The summed E-state index contributed by atoms with van der Waals surface area (Å²) in [6, 6.07) is 0. The van der Waals surface area contributed by atoms with Crippen LogP contribution in [0.2, 0.25) is 0 Å². The maximum absolute atomic E-state index is 11.6. The molecule has 0 radical (unpaired) electrons. The Labute approximate surface area is 75.3 Å². The van der Waals surface area contributed by atoms with Crippen LogP contribution in [0.1, 0.15) is 45.4 Å². The molecule has 0 aliphatic rings. The van der Waals surface area contributed by atoms with Crippen LogP contribution in [0.15, 0.2) is 0 Å². The molecular weight excluding hydrogens is 155 g/mol. The van der Waals surface area contributed by atoms with Gasteiger partial charge in [-0.15, -0.1) is 0 Å². The third-order valence-corrected chi connectivity index (χ3v) is 1.81. The van der Waals surface area contributed by atoms with Gasteiger partial charge in [-0.2, -0.15) is 0 Å². The molecule has 0 saturated heterocycles. The number of unbranched alkanes of at least 4 members (excludes halogenated alkanes) is 4. The van der Waals surface area contributed by atoms with E-state index >= 15 is 0 Å². The predicted molar refractivity (Wildman–Crippen MR) is 50.2 cm³/mol. The van der Waals surface area contributed by atoms with Crippen molar-refractivity contribution in [3.8, 4) is 0 Å². The second-order valence-corrected chi connectivity index (χ2v) is 3.07. The molecule has 0 rings (SSSR count). The molecule has 1 nitrogen and oxygen atoms in total. The standard InChI is InChI=1S/C10H21FO/c1-2-3-4-5-6-9-12-10-7-8-11/h2-10H2,1H3. The SMILES string of the molecule is CCCCCCCOCCCF. The first-order valence-electron chi connectivity index (χ1n) is 5.05. The highest BCUT2D eigenvalue weighted by Gasteiger charge is 1.90. The van der Waals surface area contributed by atoms with Crippen molar-refractivity contribution < 1.29 is 9.13 Å². The minimum atomic E-state index is -0.254. The second kappa shape index (κ2) is 10.9. The number of halogens is 1. The first kappa shape index (κ1) is 11.9. The molecule has 0 unspecified atom stereocenters. The Morgan fingerprint density at radius 2 is 1.58 bits per heavy atom. The molecule has 0 aromatic rings. The van der Waals surface area contributed by atoms with E-state index in [1.54, 1.807) is 0 Å². The van der Waals surface area contributed by atoms with E-state index < -0.39 is 0 Å². The van der Waals surface area contributed by atoms with Crippen LogP contribution in [-0.4, -0.2) is 19.9 Å². The number of ether oxygens (including phenoxy) is 1. The largest absolute Gasteiger partial charge is 0.381 e. The monoisotopic (exact) mass is 176 g/mol. The zero-order valence-corrected chi connectivity index (χ0v) is 8.15. The molecule has 0 fully saturated rings. The summed E-state index contributed by atoms with van der Waals surface area (Å²) in [6.45, 7) is 3.35. The van der Waals surface area contributed by atoms with Crippen LogP contribution >= 0.6 is 0 Å². The lowest BCUT2D eigenvalue weighted by Crippen LogP contribution is -1.97. The van der Waals surface area contributed by atoms with Crippen LogP contribution in [0.5, 0.6) is 0 Å². The molecule has 0 N–H and O–H groups in total. The van der Waals surface area contributed by atoms with Crippen molar-refractivity contribution in [3.05, 3.63) is 0 Å². The van der Waals surface area contributed by atoms with Crippen LogP contribution < -0.4 is 0 Å². The van der Waals surface area contributed by atoms with E-state index in [-0.39, 0.29) is 6.67 Å². The average Bonchev–Trinajstić information content (AvgIpc) is 2.10. The predicted octanol–water partition coefficient (Wildman–Crippen LogP) is 3.33. The van der Waals surface area contributed by atoms with Gasteiger partial charge in [-0.1, -0.05) is 32.6 Å². The van der Waals surface area contributed by atoms with E-state index in [0.717, 1.165) is 13.0 Å². The topological polar surface area (TPSA) is 9.23 Å². The van der Waals surface area contributed by atoms with Gasteiger partial charge in [0.1, 0.15) is 0 Å². The Morgan fingerprint density at radius 1 is 0.917 bits per heavy atom. The van der Waals surface area contributed by atoms with Crippen molar-refractivity contribution in [1.82, 2.24) is 0 Å². The van der Waals surface area contributed by atoms with Crippen LogP contribution in [0.4, 0.5) is 4.39 Å². The summed E-state index contributed by atoms with van der Waals surface area (Å²) >= 11 is 0. The summed E-state index contributed by atoms with van der Waals surface area (Å²) in [5, 5.41) is 0. The molecule has 0 saturated carbocycles. The Bertz CT molecular complexity index is 66.2. The summed E-state index contributed by atoms with van der Waals surface area (Å²) < 4.78 is 16.8. The van der Waals surface area contributed by atoms with Gasteiger partial charge >= 0.3 is 0 Å². The molecule has 0 aromatic carbocycles. The fraction of sp³-hybridized carbons (Fsp3) is 1.00. The van der Waals surface area contributed by atoms with E-state index in [0.29, 0.717) is 13.0 Å². The zero-order valence-electron chi connectivity index (χ0n) is 8.15. The fourth-order valence-corrected chi connectivity index (χ4v) is 1.07. The summed E-state index contributed by atoms with van der Waals surface area (Å²) in [5.41, 5.74) is 0. The maximum atomic E-state index is 11.6. The number of rotatable bonds is 9. The van der Waals surface area contributed by atoms with Crippen LogP contribution in [0, 0.1) is 0 Å². The van der Waals surface area contributed by atoms with Gasteiger partial charge in [0.05, 0.1) is 6.67 Å². The van der Waals surface area contributed by atoms with Crippen molar-refractivity contribution in [1.29, 1.82) is 0 Å². The lowest BCUT2D eigenvalue weighted by Gasteiger charge is -2.01. The molecule has 0 aliphatic carbocycles. The highest BCUT2D eigenvalue weighted by molar-refractivity contribution is 4.41. The van der Waals surface area contributed by atoms with Gasteiger partial charge in [0, 0.05) is 13.2 Å². The summed E-state index contributed by atoms with van der Waals surface area (Å²) in [4.78, 5) is 0. The smallest absolute Gasteiger partial charge is 0.0916 e. The Kier molecular flexibility index (Phi) is 10.8. The lowest BCUT2D eigenvalue weighted by atomic mass is 10.2. The van der Waals surface area contributed by atoms with Gasteiger partial charge in [-0.3, -0.25) is 4.39 Å². The first-order valence-corrected chi connectivity index (χ1v) is 5.05. The minimum absolute atomic E-state index is 0.254. The summed E-state index contributed by atoms with van der Waals surface area (Å²) in [5.74, 6) is 0. The Morgan fingerprint density at radius 3 is 2.25 bits per heavy atom. The van der Waals surface area contributed by atoms with Crippen molar-refractivity contribution in [2.24, 2.45) is 0 Å². The molecule has 12 heavy (non-hydrogen) atoms.